The Labute approximate surface area is 126 Å². The van der Waals surface area contributed by atoms with Crippen molar-refractivity contribution in [2.24, 2.45) is 5.92 Å². The number of carbonyl (C=O) groups excluding carboxylic acids is 1. The van der Waals surface area contributed by atoms with Crippen molar-refractivity contribution in [2.75, 3.05) is 19.8 Å². The van der Waals surface area contributed by atoms with Crippen molar-refractivity contribution < 1.29 is 14.3 Å². The van der Waals surface area contributed by atoms with Crippen LogP contribution >= 0.6 is 0 Å². The van der Waals surface area contributed by atoms with Gasteiger partial charge in [-0.2, -0.15) is 0 Å². The maximum atomic E-state index is 12.5. The SMILES string of the molecule is CCNC(COc1cccc(C)c1)(C(=O)OCC)C1CC1. The average Bonchev–Trinajstić information content (AvgIpc) is 3.29. The summed E-state index contributed by atoms with van der Waals surface area (Å²) in [5.74, 6) is 0.908. The molecule has 1 unspecified atom stereocenters. The summed E-state index contributed by atoms with van der Waals surface area (Å²) in [6, 6.07) is 7.88. The van der Waals surface area contributed by atoms with Gasteiger partial charge in [-0.15, -0.1) is 0 Å². The van der Waals surface area contributed by atoms with E-state index in [2.05, 4.69) is 5.32 Å². The molecule has 1 saturated carbocycles. The minimum absolute atomic E-state index is 0.193. The lowest BCUT2D eigenvalue weighted by molar-refractivity contribution is -0.154. The molecule has 1 N–H and O–H groups in total. The molecule has 0 radical (unpaired) electrons. The molecule has 0 spiro atoms. The lowest BCUT2D eigenvalue weighted by atomic mass is 9.94. The molecule has 1 aliphatic rings. The summed E-state index contributed by atoms with van der Waals surface area (Å²) < 4.78 is 11.2. The van der Waals surface area contributed by atoms with Crippen LogP contribution in [0.4, 0.5) is 0 Å². The van der Waals surface area contributed by atoms with E-state index in [9.17, 15) is 4.79 Å². The van der Waals surface area contributed by atoms with Gasteiger partial charge in [0.1, 0.15) is 12.4 Å². The number of hydrogen-bond acceptors (Lipinski definition) is 4. The minimum Gasteiger partial charge on any atom is -0.491 e. The van der Waals surface area contributed by atoms with Gasteiger partial charge in [0.15, 0.2) is 5.54 Å². The summed E-state index contributed by atoms with van der Waals surface area (Å²) >= 11 is 0. The monoisotopic (exact) mass is 291 g/mol. The molecule has 0 bridgehead atoms. The summed E-state index contributed by atoms with van der Waals surface area (Å²) in [5, 5.41) is 3.33. The van der Waals surface area contributed by atoms with Crippen molar-refractivity contribution >= 4 is 5.97 Å². The van der Waals surface area contributed by atoms with Crippen LogP contribution in [0.2, 0.25) is 0 Å². The maximum Gasteiger partial charge on any atom is 0.330 e. The van der Waals surface area contributed by atoms with Crippen LogP contribution < -0.4 is 10.1 Å². The number of benzene rings is 1. The van der Waals surface area contributed by atoms with Crippen LogP contribution in [-0.2, 0) is 9.53 Å². The van der Waals surface area contributed by atoms with Gasteiger partial charge in [0.25, 0.3) is 0 Å². The first-order chi connectivity index (χ1) is 10.1. The molecule has 1 aliphatic carbocycles. The lowest BCUT2D eigenvalue weighted by Crippen LogP contribution is -2.59. The topological polar surface area (TPSA) is 47.6 Å². The molecule has 2 rings (SSSR count). The summed E-state index contributed by atoms with van der Waals surface area (Å²) in [4.78, 5) is 12.5. The van der Waals surface area contributed by atoms with Gasteiger partial charge in [-0.3, -0.25) is 5.32 Å². The van der Waals surface area contributed by atoms with Crippen molar-refractivity contribution in [1.82, 2.24) is 5.32 Å². The number of rotatable bonds is 8. The van der Waals surface area contributed by atoms with Crippen LogP contribution in [0.25, 0.3) is 0 Å². The number of carbonyl (C=O) groups is 1. The van der Waals surface area contributed by atoms with Gasteiger partial charge in [-0.05, 0) is 56.8 Å². The molecule has 1 aromatic rings. The number of likely N-dealkylation sites (N-methyl/N-ethyl adjacent to an activating group) is 1. The van der Waals surface area contributed by atoms with Crippen LogP contribution in [0.15, 0.2) is 24.3 Å². The zero-order valence-electron chi connectivity index (χ0n) is 13.1. The second kappa shape index (κ2) is 6.94. The minimum atomic E-state index is -0.714. The molecule has 0 aromatic heterocycles. The Bertz CT molecular complexity index is 485. The molecule has 1 atom stereocenters. The second-order valence-corrected chi connectivity index (χ2v) is 5.60. The molecular weight excluding hydrogens is 266 g/mol. The summed E-state index contributed by atoms with van der Waals surface area (Å²) in [7, 11) is 0. The third-order valence-electron chi connectivity index (χ3n) is 3.86. The van der Waals surface area contributed by atoms with Gasteiger partial charge in [-0.1, -0.05) is 19.1 Å². The quantitative estimate of drug-likeness (QED) is 0.748. The number of ether oxygens (including phenoxy) is 2. The van der Waals surface area contributed by atoms with E-state index in [1.54, 1.807) is 0 Å². The van der Waals surface area contributed by atoms with Gasteiger partial charge >= 0.3 is 5.97 Å². The van der Waals surface area contributed by atoms with Crippen LogP contribution in [0.1, 0.15) is 32.3 Å². The van der Waals surface area contributed by atoms with Crippen LogP contribution in [0.3, 0.4) is 0 Å². The van der Waals surface area contributed by atoms with Crippen LogP contribution in [0, 0.1) is 12.8 Å². The van der Waals surface area contributed by atoms with E-state index in [0.717, 1.165) is 24.2 Å². The molecule has 0 heterocycles. The van der Waals surface area contributed by atoms with E-state index >= 15 is 0 Å². The van der Waals surface area contributed by atoms with Crippen LogP contribution in [0.5, 0.6) is 5.75 Å². The van der Waals surface area contributed by atoms with Crippen molar-refractivity contribution in [1.29, 1.82) is 0 Å². The van der Waals surface area contributed by atoms with Gasteiger partial charge in [0.2, 0.25) is 0 Å². The van der Waals surface area contributed by atoms with E-state index in [1.165, 1.54) is 0 Å². The van der Waals surface area contributed by atoms with Crippen molar-refractivity contribution in [3.05, 3.63) is 29.8 Å². The fraction of sp³-hybridized carbons (Fsp3) is 0.588. The lowest BCUT2D eigenvalue weighted by Gasteiger charge is -2.32. The third kappa shape index (κ3) is 3.76. The fourth-order valence-corrected chi connectivity index (χ4v) is 2.66. The van der Waals surface area contributed by atoms with Gasteiger partial charge < -0.3 is 9.47 Å². The first-order valence-electron chi connectivity index (χ1n) is 7.74. The molecule has 1 fully saturated rings. The predicted octanol–water partition coefficient (Wildman–Crippen LogP) is 2.70. The maximum absolute atomic E-state index is 12.5. The number of esters is 1. The second-order valence-electron chi connectivity index (χ2n) is 5.60. The summed E-state index contributed by atoms with van der Waals surface area (Å²) in [6.45, 7) is 7.28. The molecule has 0 aliphatic heterocycles. The first-order valence-corrected chi connectivity index (χ1v) is 7.74. The Hall–Kier alpha value is -1.55. The van der Waals surface area contributed by atoms with E-state index in [1.807, 2.05) is 45.0 Å². The van der Waals surface area contributed by atoms with Gasteiger partial charge in [0.05, 0.1) is 6.61 Å². The van der Waals surface area contributed by atoms with Crippen molar-refractivity contribution in [3.63, 3.8) is 0 Å². The summed E-state index contributed by atoms with van der Waals surface area (Å²) in [5.41, 5.74) is 0.429. The Morgan fingerprint density at radius 2 is 2.14 bits per heavy atom. The van der Waals surface area contributed by atoms with E-state index < -0.39 is 5.54 Å². The number of hydrogen-bond donors (Lipinski definition) is 1. The summed E-state index contributed by atoms with van der Waals surface area (Å²) in [6.07, 6.45) is 2.09. The molecule has 0 saturated heterocycles. The zero-order chi connectivity index (χ0) is 15.3. The molecule has 116 valence electrons. The number of nitrogens with one attached hydrogen (secondary N) is 1. The zero-order valence-corrected chi connectivity index (χ0v) is 13.1. The number of aryl methyl sites for hydroxylation is 1. The average molecular weight is 291 g/mol. The normalized spacial score (nSPS) is 17.1. The molecule has 4 nitrogen and oxygen atoms in total. The van der Waals surface area contributed by atoms with E-state index in [-0.39, 0.29) is 5.97 Å². The highest BCUT2D eigenvalue weighted by molar-refractivity contribution is 5.82. The Kier molecular flexibility index (Phi) is 5.23. The van der Waals surface area contributed by atoms with Crippen LogP contribution in [-0.4, -0.2) is 31.3 Å². The van der Waals surface area contributed by atoms with E-state index in [0.29, 0.717) is 25.7 Å². The largest absolute Gasteiger partial charge is 0.491 e. The third-order valence-corrected chi connectivity index (χ3v) is 3.86. The highest BCUT2D eigenvalue weighted by atomic mass is 16.5. The van der Waals surface area contributed by atoms with E-state index in [4.69, 9.17) is 9.47 Å². The van der Waals surface area contributed by atoms with Gasteiger partial charge in [-0.25, -0.2) is 4.79 Å². The van der Waals surface area contributed by atoms with Gasteiger partial charge in [0, 0.05) is 0 Å². The van der Waals surface area contributed by atoms with Crippen molar-refractivity contribution in [2.45, 2.75) is 39.2 Å². The Morgan fingerprint density at radius 1 is 1.38 bits per heavy atom. The molecule has 1 aromatic carbocycles. The molecule has 0 amide bonds. The van der Waals surface area contributed by atoms with Crippen molar-refractivity contribution in [3.8, 4) is 5.75 Å². The standard InChI is InChI=1S/C17H25NO3/c1-4-18-17(14-9-10-14,16(19)20-5-2)12-21-15-8-6-7-13(3)11-15/h6-8,11,14,18H,4-5,9-10,12H2,1-3H3. The highest BCUT2D eigenvalue weighted by Gasteiger charge is 2.52. The molecule has 4 heteroatoms. The first kappa shape index (κ1) is 15.8. The Balaban J connectivity index is 2.13. The highest BCUT2D eigenvalue weighted by Crippen LogP contribution is 2.41. The predicted molar refractivity (Wildman–Crippen MR) is 82.4 cm³/mol. The molecule has 21 heavy (non-hydrogen) atoms. The fourth-order valence-electron chi connectivity index (χ4n) is 2.66. The Morgan fingerprint density at radius 3 is 2.71 bits per heavy atom. The molecular formula is C17H25NO3. The smallest absolute Gasteiger partial charge is 0.330 e.